The molecule has 0 amide bonds. The van der Waals surface area contributed by atoms with Crippen LogP contribution in [0.25, 0.3) is 21.6 Å². The van der Waals surface area contributed by atoms with Gasteiger partial charge < -0.3 is 0 Å². The van der Waals surface area contributed by atoms with Gasteiger partial charge in [-0.3, -0.25) is 0 Å². The second-order valence-corrected chi connectivity index (χ2v) is 5.11. The summed E-state index contributed by atoms with van der Waals surface area (Å²) in [6, 6.07) is 9.46. The van der Waals surface area contributed by atoms with Gasteiger partial charge >= 0.3 is 0 Å². The van der Waals surface area contributed by atoms with Gasteiger partial charge in [0.25, 0.3) is 0 Å². The molecule has 0 unspecified atom stereocenters. The van der Waals surface area contributed by atoms with Crippen molar-refractivity contribution in [3.63, 3.8) is 0 Å². The highest BCUT2D eigenvalue weighted by Gasteiger charge is 2.08. The third kappa shape index (κ3) is 2.11. The van der Waals surface area contributed by atoms with Gasteiger partial charge in [-0.05, 0) is 31.2 Å². The van der Waals surface area contributed by atoms with Crippen molar-refractivity contribution in [2.75, 3.05) is 0 Å². The Hall–Kier alpha value is -2.19. The molecule has 0 saturated carbocycles. The summed E-state index contributed by atoms with van der Waals surface area (Å²) in [6.07, 6.45) is 1.79. The van der Waals surface area contributed by atoms with Gasteiger partial charge in [0.1, 0.15) is 5.82 Å². The molecule has 0 N–H and O–H groups in total. The fraction of sp³-hybridized carbons (Fsp3) is 0.0714. The van der Waals surface area contributed by atoms with Crippen LogP contribution < -0.4 is 0 Å². The second-order valence-electron chi connectivity index (χ2n) is 4.20. The number of hydrogen-bond acceptors (Lipinski definition) is 2. The molecule has 0 radical (unpaired) electrons. The molecule has 2 aromatic heterocycles. The van der Waals surface area contributed by atoms with E-state index in [9.17, 15) is 0 Å². The van der Waals surface area contributed by atoms with Gasteiger partial charge in [0.05, 0.1) is 18.3 Å². The number of aryl methyl sites for hydroxylation is 1. The normalized spacial score (nSPS) is 10.6. The van der Waals surface area contributed by atoms with Crippen molar-refractivity contribution in [1.82, 2.24) is 14.8 Å². The zero-order chi connectivity index (χ0) is 13.4. The van der Waals surface area contributed by atoms with Crippen LogP contribution in [-0.2, 0) is 0 Å². The molecule has 0 aliphatic heterocycles. The Labute approximate surface area is 118 Å². The number of halogens is 1. The summed E-state index contributed by atoms with van der Waals surface area (Å²) in [5, 5.41) is 5.39. The van der Waals surface area contributed by atoms with E-state index in [4.69, 9.17) is 6.57 Å². The summed E-state index contributed by atoms with van der Waals surface area (Å²) in [5.74, 6) is 0.666. The molecule has 5 heteroatoms. The van der Waals surface area contributed by atoms with E-state index in [2.05, 4.69) is 30.9 Å². The number of aromatic nitrogens is 3. The molecule has 92 valence electrons. The molecular formula is C14H9BrN4. The third-order valence-electron chi connectivity index (χ3n) is 2.80. The first-order valence-corrected chi connectivity index (χ1v) is 6.46. The van der Waals surface area contributed by atoms with Crippen LogP contribution in [0.4, 0.5) is 5.69 Å². The van der Waals surface area contributed by atoms with E-state index in [1.807, 2.05) is 25.1 Å². The maximum Gasteiger partial charge on any atom is 0.192 e. The Morgan fingerprint density at radius 1 is 1.26 bits per heavy atom. The Morgan fingerprint density at radius 2 is 2.11 bits per heavy atom. The lowest BCUT2D eigenvalue weighted by molar-refractivity contribution is 0.868. The molecule has 19 heavy (non-hydrogen) atoms. The molecule has 2 heterocycles. The minimum absolute atomic E-state index is 0.571. The first kappa shape index (κ1) is 11.9. The van der Waals surface area contributed by atoms with Crippen molar-refractivity contribution >= 4 is 32.5 Å². The molecular weight excluding hydrogens is 304 g/mol. The summed E-state index contributed by atoms with van der Waals surface area (Å²) < 4.78 is 2.74. The number of pyridine rings is 1. The standard InChI is InChI=1S/C14H9BrN4/c1-9-5-12(16-2)7-14(18-9)19-13-6-11(15)4-3-10(13)8-17-19/h3-8H,1H3. The quantitative estimate of drug-likeness (QED) is 0.636. The largest absolute Gasteiger partial charge is 0.238 e. The average Bonchev–Trinajstić information content (AvgIpc) is 2.80. The van der Waals surface area contributed by atoms with Gasteiger partial charge in [-0.1, -0.05) is 22.0 Å². The van der Waals surface area contributed by atoms with Crippen LogP contribution in [0.5, 0.6) is 0 Å². The van der Waals surface area contributed by atoms with Gasteiger partial charge in [-0.2, -0.15) is 5.10 Å². The minimum atomic E-state index is 0.571. The fourth-order valence-electron chi connectivity index (χ4n) is 1.98. The van der Waals surface area contributed by atoms with Crippen molar-refractivity contribution in [3.05, 3.63) is 58.1 Å². The minimum Gasteiger partial charge on any atom is -0.238 e. The number of nitrogens with zero attached hydrogens (tertiary/aromatic N) is 4. The SMILES string of the molecule is [C-]#[N+]c1cc(C)nc(-n2ncc3ccc(Br)cc32)c1. The zero-order valence-corrected chi connectivity index (χ0v) is 11.7. The van der Waals surface area contributed by atoms with Crippen LogP contribution in [-0.4, -0.2) is 14.8 Å². The summed E-state index contributed by atoms with van der Waals surface area (Å²) >= 11 is 3.46. The van der Waals surface area contributed by atoms with Crippen molar-refractivity contribution < 1.29 is 0 Å². The van der Waals surface area contributed by atoms with Crippen LogP contribution >= 0.6 is 15.9 Å². The number of hydrogen-bond donors (Lipinski definition) is 0. The molecule has 4 nitrogen and oxygen atoms in total. The Kier molecular flexibility index (Phi) is 2.80. The van der Waals surface area contributed by atoms with Gasteiger partial charge in [-0.15, -0.1) is 0 Å². The van der Waals surface area contributed by atoms with E-state index >= 15 is 0 Å². The molecule has 0 aliphatic rings. The zero-order valence-electron chi connectivity index (χ0n) is 10.1. The highest BCUT2D eigenvalue weighted by Crippen LogP contribution is 2.23. The molecule has 0 saturated heterocycles. The molecule has 0 spiro atoms. The van der Waals surface area contributed by atoms with Crippen LogP contribution in [0, 0.1) is 13.5 Å². The summed E-state index contributed by atoms with van der Waals surface area (Å²) in [5.41, 5.74) is 2.34. The van der Waals surface area contributed by atoms with Crippen LogP contribution in [0.2, 0.25) is 0 Å². The van der Waals surface area contributed by atoms with Crippen molar-refractivity contribution in [3.8, 4) is 5.82 Å². The average molecular weight is 313 g/mol. The van der Waals surface area contributed by atoms with Gasteiger partial charge in [-0.25, -0.2) is 14.5 Å². The Morgan fingerprint density at radius 3 is 2.89 bits per heavy atom. The number of fused-ring (bicyclic) bond motifs is 1. The molecule has 0 bridgehead atoms. The second kappa shape index (κ2) is 4.48. The first-order chi connectivity index (χ1) is 9.17. The fourth-order valence-corrected chi connectivity index (χ4v) is 2.33. The van der Waals surface area contributed by atoms with E-state index in [0.29, 0.717) is 11.5 Å². The maximum absolute atomic E-state index is 7.12. The monoisotopic (exact) mass is 312 g/mol. The topological polar surface area (TPSA) is 35.1 Å². The maximum atomic E-state index is 7.12. The number of rotatable bonds is 1. The lowest BCUT2D eigenvalue weighted by atomic mass is 10.2. The van der Waals surface area contributed by atoms with E-state index in [0.717, 1.165) is 21.1 Å². The Balaban J connectivity index is 2.27. The molecule has 3 aromatic rings. The predicted molar refractivity (Wildman–Crippen MR) is 77.6 cm³/mol. The molecule has 0 aliphatic carbocycles. The number of benzene rings is 1. The predicted octanol–water partition coefficient (Wildman–Crippen LogP) is 4.04. The van der Waals surface area contributed by atoms with Crippen LogP contribution in [0.15, 0.2) is 41.0 Å². The molecule has 3 rings (SSSR count). The van der Waals surface area contributed by atoms with Crippen LogP contribution in [0.1, 0.15) is 5.69 Å². The summed E-state index contributed by atoms with van der Waals surface area (Å²) in [6.45, 7) is 8.99. The molecule has 1 aromatic carbocycles. The van der Waals surface area contributed by atoms with Gasteiger partial charge in [0, 0.05) is 15.6 Å². The first-order valence-electron chi connectivity index (χ1n) is 5.67. The lowest BCUT2D eigenvalue weighted by Crippen LogP contribution is -2.00. The van der Waals surface area contributed by atoms with Crippen molar-refractivity contribution in [2.24, 2.45) is 0 Å². The lowest BCUT2D eigenvalue weighted by Gasteiger charge is -2.05. The van der Waals surface area contributed by atoms with E-state index in [1.165, 1.54) is 0 Å². The summed E-state index contributed by atoms with van der Waals surface area (Å²) in [4.78, 5) is 7.91. The highest BCUT2D eigenvalue weighted by molar-refractivity contribution is 9.10. The highest BCUT2D eigenvalue weighted by atomic mass is 79.9. The van der Waals surface area contributed by atoms with E-state index in [1.54, 1.807) is 23.0 Å². The van der Waals surface area contributed by atoms with Crippen molar-refractivity contribution in [1.29, 1.82) is 0 Å². The van der Waals surface area contributed by atoms with E-state index in [-0.39, 0.29) is 0 Å². The smallest absolute Gasteiger partial charge is 0.192 e. The molecule has 0 fully saturated rings. The third-order valence-corrected chi connectivity index (χ3v) is 3.30. The Bertz CT molecular complexity index is 814. The molecule has 0 atom stereocenters. The van der Waals surface area contributed by atoms with Crippen LogP contribution in [0.3, 0.4) is 0 Å². The summed E-state index contributed by atoms with van der Waals surface area (Å²) in [7, 11) is 0. The van der Waals surface area contributed by atoms with Gasteiger partial charge in [0.2, 0.25) is 0 Å². The van der Waals surface area contributed by atoms with Crippen molar-refractivity contribution in [2.45, 2.75) is 6.92 Å². The van der Waals surface area contributed by atoms with Gasteiger partial charge in [0.15, 0.2) is 5.69 Å². The van der Waals surface area contributed by atoms with E-state index < -0.39 is 0 Å².